The standard InChI is InChI=1S/C20H16N8/c1-3-7-18-16(5-1)14(9-21-18)11-23-26-20-27-24-13-28(20)25-12-15-10-22-19-8-4-2-6-17(15)19/h1-13,21-22H,(H,26,27)/b23-11+,25-12+. The monoisotopic (exact) mass is 368 g/mol. The van der Waals surface area contributed by atoms with E-state index in [-0.39, 0.29) is 0 Å². The van der Waals surface area contributed by atoms with Gasteiger partial charge in [0.25, 0.3) is 5.95 Å². The summed E-state index contributed by atoms with van der Waals surface area (Å²) >= 11 is 0. The molecule has 0 aliphatic carbocycles. The van der Waals surface area contributed by atoms with Crippen molar-refractivity contribution in [3.8, 4) is 0 Å². The van der Waals surface area contributed by atoms with E-state index in [4.69, 9.17) is 0 Å². The summed E-state index contributed by atoms with van der Waals surface area (Å²) in [7, 11) is 0. The van der Waals surface area contributed by atoms with Crippen LogP contribution in [-0.4, -0.2) is 37.3 Å². The normalized spacial score (nSPS) is 12.0. The molecule has 8 heteroatoms. The molecule has 0 saturated heterocycles. The van der Waals surface area contributed by atoms with E-state index in [0.717, 1.165) is 32.9 Å². The highest BCUT2D eigenvalue weighted by atomic mass is 15.5. The van der Waals surface area contributed by atoms with E-state index in [2.05, 4.69) is 35.8 Å². The number of aromatic amines is 2. The van der Waals surface area contributed by atoms with Crippen LogP contribution in [0.4, 0.5) is 5.95 Å². The zero-order chi connectivity index (χ0) is 18.8. The first kappa shape index (κ1) is 16.0. The van der Waals surface area contributed by atoms with Crippen LogP contribution >= 0.6 is 0 Å². The smallest absolute Gasteiger partial charge is 0.265 e. The van der Waals surface area contributed by atoms with Crippen LogP contribution in [0, 0.1) is 0 Å². The number of hydrazone groups is 1. The molecule has 5 aromatic rings. The van der Waals surface area contributed by atoms with Crippen LogP contribution in [-0.2, 0) is 0 Å². The van der Waals surface area contributed by atoms with Gasteiger partial charge >= 0.3 is 0 Å². The third-order valence-electron chi connectivity index (χ3n) is 4.46. The van der Waals surface area contributed by atoms with Gasteiger partial charge in [0, 0.05) is 45.3 Å². The molecule has 0 amide bonds. The number of hydrogen-bond donors (Lipinski definition) is 3. The summed E-state index contributed by atoms with van der Waals surface area (Å²) in [4.78, 5) is 6.44. The van der Waals surface area contributed by atoms with Crippen molar-refractivity contribution in [2.45, 2.75) is 0 Å². The lowest BCUT2D eigenvalue weighted by Gasteiger charge is -1.98. The summed E-state index contributed by atoms with van der Waals surface area (Å²) in [6.45, 7) is 0. The first-order valence-electron chi connectivity index (χ1n) is 8.74. The van der Waals surface area contributed by atoms with Crippen LogP contribution < -0.4 is 5.43 Å². The molecule has 2 aromatic carbocycles. The van der Waals surface area contributed by atoms with Gasteiger partial charge in [-0.2, -0.15) is 14.9 Å². The molecule has 28 heavy (non-hydrogen) atoms. The topological polar surface area (TPSA) is 99.0 Å². The SMILES string of the molecule is C(=N\Nc1nncn1/N=C/c1c[nH]c2ccccc12)/c1c[nH]c2ccccc12. The van der Waals surface area contributed by atoms with Gasteiger partial charge < -0.3 is 9.97 Å². The number of fused-ring (bicyclic) bond motifs is 2. The minimum Gasteiger partial charge on any atom is -0.361 e. The van der Waals surface area contributed by atoms with Crippen molar-refractivity contribution in [2.75, 3.05) is 5.43 Å². The Hall–Kier alpha value is -4.20. The molecular formula is C20H16N8. The lowest BCUT2D eigenvalue weighted by molar-refractivity contribution is 0.879. The summed E-state index contributed by atoms with van der Waals surface area (Å²) in [5, 5.41) is 18.8. The molecule has 3 heterocycles. The van der Waals surface area contributed by atoms with Crippen molar-refractivity contribution in [3.63, 3.8) is 0 Å². The van der Waals surface area contributed by atoms with Crippen molar-refractivity contribution in [2.24, 2.45) is 10.2 Å². The Balaban J connectivity index is 1.35. The van der Waals surface area contributed by atoms with Gasteiger partial charge in [0.2, 0.25) is 0 Å². The Morgan fingerprint density at radius 2 is 1.50 bits per heavy atom. The molecule has 0 fully saturated rings. The van der Waals surface area contributed by atoms with Crippen LogP contribution in [0.5, 0.6) is 0 Å². The Kier molecular flexibility index (Phi) is 3.91. The Morgan fingerprint density at radius 3 is 2.21 bits per heavy atom. The molecule has 5 rings (SSSR count). The molecule has 0 spiro atoms. The highest BCUT2D eigenvalue weighted by Gasteiger charge is 2.04. The average Bonchev–Trinajstić information content (AvgIpc) is 3.45. The lowest BCUT2D eigenvalue weighted by atomic mass is 10.2. The highest BCUT2D eigenvalue weighted by Crippen LogP contribution is 2.17. The van der Waals surface area contributed by atoms with Crippen molar-refractivity contribution < 1.29 is 0 Å². The number of H-pyrrole nitrogens is 2. The van der Waals surface area contributed by atoms with E-state index in [1.54, 1.807) is 12.4 Å². The number of nitrogens with zero attached hydrogens (tertiary/aromatic N) is 5. The molecule has 3 N–H and O–H groups in total. The second-order valence-corrected chi connectivity index (χ2v) is 6.19. The van der Waals surface area contributed by atoms with Crippen LogP contribution in [0.1, 0.15) is 11.1 Å². The van der Waals surface area contributed by atoms with E-state index in [1.807, 2.05) is 60.9 Å². The molecule has 0 atom stereocenters. The number of benzene rings is 2. The minimum atomic E-state index is 0.423. The maximum Gasteiger partial charge on any atom is 0.265 e. The van der Waals surface area contributed by atoms with Crippen molar-refractivity contribution in [1.82, 2.24) is 24.8 Å². The average molecular weight is 368 g/mol. The van der Waals surface area contributed by atoms with Crippen LogP contribution in [0.25, 0.3) is 21.8 Å². The van der Waals surface area contributed by atoms with E-state index in [0.29, 0.717) is 5.95 Å². The molecule has 8 nitrogen and oxygen atoms in total. The number of aromatic nitrogens is 5. The van der Waals surface area contributed by atoms with Gasteiger partial charge in [-0.05, 0) is 12.1 Å². The number of hydrogen-bond acceptors (Lipinski definition) is 5. The minimum absolute atomic E-state index is 0.423. The number of anilines is 1. The van der Waals surface area contributed by atoms with E-state index in [9.17, 15) is 0 Å². The fourth-order valence-electron chi connectivity index (χ4n) is 3.07. The summed E-state index contributed by atoms with van der Waals surface area (Å²) in [6.07, 6.45) is 8.85. The molecule has 136 valence electrons. The van der Waals surface area contributed by atoms with Gasteiger partial charge in [0.1, 0.15) is 6.33 Å². The number of nitrogens with one attached hydrogen (secondary N) is 3. The van der Waals surface area contributed by atoms with Crippen LogP contribution in [0.15, 0.2) is 77.5 Å². The quantitative estimate of drug-likeness (QED) is 0.327. The van der Waals surface area contributed by atoms with Gasteiger partial charge in [-0.25, -0.2) is 5.43 Å². The van der Waals surface area contributed by atoms with Crippen molar-refractivity contribution in [1.29, 1.82) is 0 Å². The molecule has 0 aliphatic heterocycles. The second kappa shape index (κ2) is 6.84. The summed E-state index contributed by atoms with van der Waals surface area (Å²) in [5.74, 6) is 0.423. The fourth-order valence-corrected chi connectivity index (χ4v) is 3.07. The van der Waals surface area contributed by atoms with Crippen molar-refractivity contribution in [3.05, 3.63) is 78.4 Å². The second-order valence-electron chi connectivity index (χ2n) is 6.19. The lowest BCUT2D eigenvalue weighted by Crippen LogP contribution is -1.99. The molecule has 3 aromatic heterocycles. The van der Waals surface area contributed by atoms with E-state index >= 15 is 0 Å². The fraction of sp³-hybridized carbons (Fsp3) is 0. The Labute approximate surface area is 159 Å². The van der Waals surface area contributed by atoms with Gasteiger partial charge in [-0.3, -0.25) is 0 Å². The Morgan fingerprint density at radius 1 is 0.857 bits per heavy atom. The molecule has 0 bridgehead atoms. The van der Waals surface area contributed by atoms with E-state index < -0.39 is 0 Å². The molecule has 0 unspecified atom stereocenters. The third-order valence-corrected chi connectivity index (χ3v) is 4.46. The number of para-hydroxylation sites is 2. The first-order valence-corrected chi connectivity index (χ1v) is 8.74. The molecule has 0 saturated carbocycles. The maximum absolute atomic E-state index is 4.43. The van der Waals surface area contributed by atoms with Gasteiger partial charge in [0.05, 0.1) is 12.4 Å². The highest BCUT2D eigenvalue weighted by molar-refractivity contribution is 5.99. The largest absolute Gasteiger partial charge is 0.361 e. The maximum atomic E-state index is 4.43. The van der Waals surface area contributed by atoms with Crippen molar-refractivity contribution >= 4 is 40.2 Å². The van der Waals surface area contributed by atoms with E-state index in [1.165, 1.54) is 11.0 Å². The summed E-state index contributed by atoms with van der Waals surface area (Å²) in [6, 6.07) is 16.1. The zero-order valence-electron chi connectivity index (χ0n) is 14.7. The van der Waals surface area contributed by atoms with Gasteiger partial charge in [-0.15, -0.1) is 10.2 Å². The Bertz CT molecular complexity index is 1300. The summed E-state index contributed by atoms with van der Waals surface area (Å²) < 4.78 is 1.54. The molecule has 0 radical (unpaired) electrons. The van der Waals surface area contributed by atoms with Crippen LogP contribution in [0.2, 0.25) is 0 Å². The predicted molar refractivity (Wildman–Crippen MR) is 111 cm³/mol. The van der Waals surface area contributed by atoms with Gasteiger partial charge in [0.15, 0.2) is 0 Å². The first-order chi connectivity index (χ1) is 13.9. The molecule has 0 aliphatic rings. The number of rotatable bonds is 5. The third kappa shape index (κ3) is 2.92. The summed E-state index contributed by atoms with van der Waals surface area (Å²) in [5.41, 5.74) is 6.98. The molecular weight excluding hydrogens is 352 g/mol. The van der Waals surface area contributed by atoms with Crippen LogP contribution in [0.3, 0.4) is 0 Å². The predicted octanol–water partition coefficient (Wildman–Crippen LogP) is 3.57. The zero-order valence-corrected chi connectivity index (χ0v) is 14.7. The van der Waals surface area contributed by atoms with Gasteiger partial charge in [-0.1, -0.05) is 36.4 Å².